The van der Waals surface area contributed by atoms with Gasteiger partial charge in [-0.3, -0.25) is 4.79 Å². The molecule has 164 valence electrons. The number of benzene rings is 1. The molecule has 1 amide bonds. The van der Waals surface area contributed by atoms with Crippen LogP contribution in [0.1, 0.15) is 37.7 Å². The number of alkyl halides is 2. The van der Waals surface area contributed by atoms with E-state index in [4.69, 9.17) is 0 Å². The van der Waals surface area contributed by atoms with E-state index in [-0.39, 0.29) is 48.7 Å². The summed E-state index contributed by atoms with van der Waals surface area (Å²) in [6, 6.07) is 6.59. The second-order valence-corrected chi connectivity index (χ2v) is 7.18. The number of carbonyl (C=O) groups is 1. The molecular formula is C20H31F2IN4O2. The van der Waals surface area contributed by atoms with E-state index in [9.17, 15) is 13.6 Å². The van der Waals surface area contributed by atoms with Gasteiger partial charge in [0.15, 0.2) is 5.96 Å². The summed E-state index contributed by atoms with van der Waals surface area (Å²) in [5, 5.41) is 6.32. The number of nitrogens with zero attached hydrogens (tertiary/aromatic N) is 2. The van der Waals surface area contributed by atoms with Crippen molar-refractivity contribution in [2.24, 2.45) is 10.9 Å². The van der Waals surface area contributed by atoms with E-state index in [2.05, 4.69) is 20.4 Å². The van der Waals surface area contributed by atoms with Gasteiger partial charge in [-0.25, -0.2) is 4.99 Å². The van der Waals surface area contributed by atoms with Crippen molar-refractivity contribution < 1.29 is 18.3 Å². The summed E-state index contributed by atoms with van der Waals surface area (Å²) in [6.07, 6.45) is 6.13. The molecule has 0 aromatic heterocycles. The number of amides is 1. The Morgan fingerprint density at radius 3 is 2.55 bits per heavy atom. The predicted molar refractivity (Wildman–Crippen MR) is 121 cm³/mol. The highest BCUT2D eigenvalue weighted by atomic mass is 127. The third kappa shape index (κ3) is 9.60. The Balaban J connectivity index is 0.00000420. The van der Waals surface area contributed by atoms with Gasteiger partial charge in [0.2, 0.25) is 5.91 Å². The zero-order valence-electron chi connectivity index (χ0n) is 17.0. The zero-order chi connectivity index (χ0) is 20.4. The van der Waals surface area contributed by atoms with Crippen LogP contribution in [0.25, 0.3) is 0 Å². The minimum Gasteiger partial charge on any atom is -0.434 e. The maximum absolute atomic E-state index is 12.6. The van der Waals surface area contributed by atoms with Gasteiger partial charge >= 0.3 is 6.61 Å². The van der Waals surface area contributed by atoms with E-state index in [1.54, 1.807) is 32.3 Å². The van der Waals surface area contributed by atoms with Crippen LogP contribution in [0.15, 0.2) is 29.3 Å². The fourth-order valence-corrected chi connectivity index (χ4v) is 3.13. The van der Waals surface area contributed by atoms with Crippen LogP contribution in [0.2, 0.25) is 0 Å². The highest BCUT2D eigenvalue weighted by molar-refractivity contribution is 14.0. The van der Waals surface area contributed by atoms with E-state index >= 15 is 0 Å². The minimum atomic E-state index is -2.88. The van der Waals surface area contributed by atoms with Crippen molar-refractivity contribution in [3.05, 3.63) is 29.8 Å². The molecular weight excluding hydrogens is 493 g/mol. The quantitative estimate of drug-likeness (QED) is 0.310. The second-order valence-electron chi connectivity index (χ2n) is 7.18. The third-order valence-corrected chi connectivity index (χ3v) is 4.78. The SMILES string of the molecule is CN(C)C(=O)CNC(=NCc1ccccc1OC(F)F)NCC1CCCCC1.I. The molecule has 0 bridgehead atoms. The van der Waals surface area contributed by atoms with E-state index in [1.807, 2.05) is 0 Å². The third-order valence-electron chi connectivity index (χ3n) is 4.78. The molecule has 1 fully saturated rings. The van der Waals surface area contributed by atoms with Crippen molar-refractivity contribution in [1.29, 1.82) is 0 Å². The van der Waals surface area contributed by atoms with Crippen LogP contribution < -0.4 is 15.4 Å². The summed E-state index contributed by atoms with van der Waals surface area (Å²) >= 11 is 0. The normalized spacial score (nSPS) is 14.9. The number of halogens is 3. The zero-order valence-corrected chi connectivity index (χ0v) is 19.3. The Kier molecular flexibility index (Phi) is 11.9. The van der Waals surface area contributed by atoms with E-state index in [0.29, 0.717) is 17.4 Å². The van der Waals surface area contributed by atoms with Crippen LogP contribution in [-0.2, 0) is 11.3 Å². The largest absolute Gasteiger partial charge is 0.434 e. The Morgan fingerprint density at radius 1 is 1.21 bits per heavy atom. The average Bonchev–Trinajstić information content (AvgIpc) is 2.68. The molecule has 0 saturated heterocycles. The first-order valence-corrected chi connectivity index (χ1v) is 9.70. The average molecular weight is 524 g/mol. The van der Waals surface area contributed by atoms with Crippen molar-refractivity contribution >= 4 is 35.8 Å². The van der Waals surface area contributed by atoms with Crippen molar-refractivity contribution in [2.45, 2.75) is 45.3 Å². The van der Waals surface area contributed by atoms with E-state index in [1.165, 1.54) is 43.1 Å². The fourth-order valence-electron chi connectivity index (χ4n) is 3.13. The lowest BCUT2D eigenvalue weighted by Gasteiger charge is -2.23. The summed E-state index contributed by atoms with van der Waals surface area (Å²) < 4.78 is 29.7. The molecule has 2 N–H and O–H groups in total. The van der Waals surface area contributed by atoms with Gasteiger partial charge in [0.05, 0.1) is 13.1 Å². The van der Waals surface area contributed by atoms with Gasteiger partial charge in [0.25, 0.3) is 0 Å². The number of likely N-dealkylation sites (N-methyl/N-ethyl adjacent to an activating group) is 1. The van der Waals surface area contributed by atoms with Crippen LogP contribution in [-0.4, -0.2) is 50.6 Å². The highest BCUT2D eigenvalue weighted by Crippen LogP contribution is 2.23. The topological polar surface area (TPSA) is 66.0 Å². The highest BCUT2D eigenvalue weighted by Gasteiger charge is 2.15. The Labute approximate surface area is 188 Å². The summed E-state index contributed by atoms with van der Waals surface area (Å²) in [6.45, 7) is -1.83. The van der Waals surface area contributed by atoms with E-state index in [0.717, 1.165) is 6.54 Å². The van der Waals surface area contributed by atoms with Gasteiger partial charge in [0, 0.05) is 26.2 Å². The lowest BCUT2D eigenvalue weighted by Crippen LogP contribution is -2.44. The van der Waals surface area contributed by atoms with Crippen LogP contribution in [0.3, 0.4) is 0 Å². The molecule has 0 aliphatic heterocycles. The lowest BCUT2D eigenvalue weighted by atomic mass is 9.89. The number of guanidine groups is 1. The van der Waals surface area contributed by atoms with Crippen molar-refractivity contribution in [3.63, 3.8) is 0 Å². The van der Waals surface area contributed by atoms with Crippen molar-refractivity contribution in [1.82, 2.24) is 15.5 Å². The second kappa shape index (κ2) is 13.6. The molecule has 0 atom stereocenters. The molecule has 0 radical (unpaired) electrons. The van der Waals surface area contributed by atoms with Crippen LogP contribution >= 0.6 is 24.0 Å². The first-order chi connectivity index (χ1) is 13.5. The number of hydrogen-bond acceptors (Lipinski definition) is 3. The molecule has 29 heavy (non-hydrogen) atoms. The Hall–Kier alpha value is -1.65. The van der Waals surface area contributed by atoms with Gasteiger partial charge in [0.1, 0.15) is 5.75 Å². The summed E-state index contributed by atoms with van der Waals surface area (Å²) in [5.74, 6) is 1.11. The summed E-state index contributed by atoms with van der Waals surface area (Å²) in [4.78, 5) is 17.9. The van der Waals surface area contributed by atoms with Crippen LogP contribution in [0.4, 0.5) is 8.78 Å². The maximum Gasteiger partial charge on any atom is 0.387 e. The number of hydrogen-bond donors (Lipinski definition) is 2. The molecule has 1 aromatic rings. The summed E-state index contributed by atoms with van der Waals surface area (Å²) in [7, 11) is 3.38. The number of aliphatic imine (C=N–C) groups is 1. The molecule has 9 heteroatoms. The fraction of sp³-hybridized carbons (Fsp3) is 0.600. The molecule has 2 rings (SSSR count). The van der Waals surface area contributed by atoms with Gasteiger partial charge in [-0.2, -0.15) is 8.78 Å². The Bertz CT molecular complexity index is 653. The molecule has 1 aromatic carbocycles. The van der Waals surface area contributed by atoms with Crippen LogP contribution in [0.5, 0.6) is 5.75 Å². The lowest BCUT2D eigenvalue weighted by molar-refractivity contribution is -0.127. The number of nitrogens with one attached hydrogen (secondary N) is 2. The monoisotopic (exact) mass is 524 g/mol. The molecule has 0 spiro atoms. The minimum absolute atomic E-state index is 0. The smallest absolute Gasteiger partial charge is 0.387 e. The number of para-hydroxylation sites is 1. The first kappa shape index (κ1) is 25.4. The molecule has 0 heterocycles. The molecule has 1 aliphatic rings. The predicted octanol–water partition coefficient (Wildman–Crippen LogP) is 3.61. The van der Waals surface area contributed by atoms with Gasteiger partial charge < -0.3 is 20.3 Å². The molecule has 1 aliphatic carbocycles. The number of carbonyl (C=O) groups excluding carboxylic acids is 1. The number of rotatable bonds is 8. The molecule has 0 unspecified atom stereocenters. The van der Waals surface area contributed by atoms with Crippen LogP contribution in [0, 0.1) is 5.92 Å². The van der Waals surface area contributed by atoms with E-state index < -0.39 is 6.61 Å². The Morgan fingerprint density at radius 2 is 1.90 bits per heavy atom. The molecule has 6 nitrogen and oxygen atoms in total. The van der Waals surface area contributed by atoms with Gasteiger partial charge in [-0.15, -0.1) is 24.0 Å². The van der Waals surface area contributed by atoms with Crippen molar-refractivity contribution in [3.8, 4) is 5.75 Å². The maximum atomic E-state index is 12.6. The first-order valence-electron chi connectivity index (χ1n) is 9.70. The van der Waals surface area contributed by atoms with Gasteiger partial charge in [-0.1, -0.05) is 37.5 Å². The van der Waals surface area contributed by atoms with Gasteiger partial charge in [-0.05, 0) is 24.8 Å². The molecule has 1 saturated carbocycles. The standard InChI is InChI=1S/C20H30F2N4O2.HI/c1-26(2)18(27)14-25-20(23-12-15-8-4-3-5-9-15)24-13-16-10-6-7-11-17(16)28-19(21)22;/h6-7,10-11,15,19H,3-5,8-9,12-14H2,1-2H3,(H2,23,24,25);1H. The van der Waals surface area contributed by atoms with Crippen molar-refractivity contribution in [2.75, 3.05) is 27.2 Å². The summed E-state index contributed by atoms with van der Waals surface area (Å²) in [5.41, 5.74) is 0.556. The number of ether oxygens (including phenoxy) is 1.